The smallest absolute Gasteiger partial charge is 0.269 e. The normalized spacial score (nSPS) is 19.8. The van der Waals surface area contributed by atoms with Crippen LogP contribution in [0.5, 0.6) is 0 Å². The summed E-state index contributed by atoms with van der Waals surface area (Å²) in [5.41, 5.74) is 2.47. The Hall–Kier alpha value is -3.30. The third-order valence-electron chi connectivity index (χ3n) is 5.06. The fourth-order valence-electron chi connectivity index (χ4n) is 3.36. The summed E-state index contributed by atoms with van der Waals surface area (Å²) in [5.74, 6) is -0.817. The molecule has 0 aromatic carbocycles. The van der Waals surface area contributed by atoms with Crippen molar-refractivity contribution in [1.82, 2.24) is 20.7 Å². The molecule has 3 rings (SSSR count). The van der Waals surface area contributed by atoms with Gasteiger partial charge in [0.15, 0.2) is 6.10 Å². The van der Waals surface area contributed by atoms with E-state index in [2.05, 4.69) is 22.2 Å². The predicted molar refractivity (Wildman–Crippen MR) is 117 cm³/mol. The molecule has 0 saturated carbocycles. The lowest BCUT2D eigenvalue weighted by Gasteiger charge is -2.27. The molecule has 0 spiro atoms. The second-order valence-electron chi connectivity index (χ2n) is 7.42. The molecule has 170 valence electrons. The largest absolute Gasteiger partial charge is 0.478 e. The van der Waals surface area contributed by atoms with Crippen molar-refractivity contribution in [2.24, 2.45) is 0 Å². The number of hydrogen-bond donors (Lipinski definition) is 2. The molecule has 2 N–H and O–H groups in total. The Balaban J connectivity index is 1.66. The number of hydrogen-bond acceptors (Lipinski definition) is 6. The predicted octanol–water partition coefficient (Wildman–Crippen LogP) is 2.48. The minimum Gasteiger partial charge on any atom is -0.478 e. The summed E-state index contributed by atoms with van der Waals surface area (Å²) in [4.78, 5) is 33.2. The first-order valence-corrected chi connectivity index (χ1v) is 10.3. The molecule has 8 nitrogen and oxygen atoms in total. The van der Waals surface area contributed by atoms with Crippen LogP contribution in [0.1, 0.15) is 36.3 Å². The molecule has 1 atom stereocenters. The van der Waals surface area contributed by atoms with Crippen molar-refractivity contribution >= 4 is 17.4 Å². The molecule has 2 aliphatic heterocycles. The number of carbonyl (C=O) groups is 2. The van der Waals surface area contributed by atoms with Crippen LogP contribution in [0.25, 0.3) is 5.57 Å². The zero-order valence-corrected chi connectivity index (χ0v) is 18.4. The van der Waals surface area contributed by atoms with E-state index in [1.807, 2.05) is 26.0 Å². The number of halogens is 1. The summed E-state index contributed by atoms with van der Waals surface area (Å²) in [7, 11) is 1.46. The highest BCUT2D eigenvalue weighted by Crippen LogP contribution is 2.23. The molecule has 1 unspecified atom stereocenters. The van der Waals surface area contributed by atoms with E-state index in [1.54, 1.807) is 11.1 Å². The fraction of sp³-hybridized carbons (Fsp3) is 0.348. The third kappa shape index (κ3) is 5.30. The maximum Gasteiger partial charge on any atom is 0.269 e. The highest BCUT2D eigenvalue weighted by atomic mass is 19.1. The zero-order chi connectivity index (χ0) is 23.3. The quantitative estimate of drug-likeness (QED) is 0.631. The van der Waals surface area contributed by atoms with Gasteiger partial charge in [-0.15, -0.1) is 0 Å². The van der Waals surface area contributed by atoms with Crippen molar-refractivity contribution in [2.45, 2.75) is 26.4 Å². The van der Waals surface area contributed by atoms with E-state index in [0.717, 1.165) is 5.57 Å². The minimum absolute atomic E-state index is 0.0192. The molecular formula is C23H27FN4O4. The Morgan fingerprint density at radius 3 is 2.84 bits per heavy atom. The van der Waals surface area contributed by atoms with E-state index >= 15 is 0 Å². The molecule has 0 fully saturated rings. The standard InChI is InChI=1S/C23H27FN4O4/c1-5-19-18(27-23(30)20(6-2)32-19)11-14(3)12-28-10-9-15(13-31-28)16-7-8-17(22(29)25-4)26-21(16)24/h5,7-9,11,20H,1,6,10,12-13H2,2-4H3,(H,25,29)(H,27,30)/b14-11+. The van der Waals surface area contributed by atoms with E-state index in [4.69, 9.17) is 9.57 Å². The van der Waals surface area contributed by atoms with Gasteiger partial charge in [0.05, 0.1) is 12.3 Å². The lowest BCUT2D eigenvalue weighted by atomic mass is 10.1. The number of amides is 2. The summed E-state index contributed by atoms with van der Waals surface area (Å²) >= 11 is 0. The van der Waals surface area contributed by atoms with E-state index in [9.17, 15) is 14.0 Å². The van der Waals surface area contributed by atoms with Gasteiger partial charge in [0.1, 0.15) is 11.5 Å². The van der Waals surface area contributed by atoms with Gasteiger partial charge in [0, 0.05) is 25.7 Å². The van der Waals surface area contributed by atoms with Crippen LogP contribution in [-0.2, 0) is 14.4 Å². The maximum atomic E-state index is 14.4. The zero-order valence-electron chi connectivity index (χ0n) is 18.4. The molecule has 1 aromatic rings. The molecule has 0 bridgehead atoms. The van der Waals surface area contributed by atoms with Gasteiger partial charge < -0.3 is 15.4 Å². The Bertz CT molecular complexity index is 1020. The molecular weight excluding hydrogens is 415 g/mol. The molecule has 2 amide bonds. The summed E-state index contributed by atoms with van der Waals surface area (Å²) < 4.78 is 20.1. The lowest BCUT2D eigenvalue weighted by Crippen LogP contribution is -2.40. The van der Waals surface area contributed by atoms with Crippen LogP contribution in [-0.4, -0.2) is 54.7 Å². The first kappa shape index (κ1) is 23.4. The number of allylic oxidation sites excluding steroid dienone is 2. The first-order chi connectivity index (χ1) is 15.4. The van der Waals surface area contributed by atoms with E-state index < -0.39 is 18.0 Å². The molecule has 32 heavy (non-hydrogen) atoms. The summed E-state index contributed by atoms with van der Waals surface area (Å²) in [6.07, 6.45) is 5.31. The Kier molecular flexibility index (Phi) is 7.55. The van der Waals surface area contributed by atoms with Gasteiger partial charge in [0.25, 0.3) is 11.8 Å². The highest BCUT2D eigenvalue weighted by molar-refractivity contribution is 5.92. The van der Waals surface area contributed by atoms with Crippen molar-refractivity contribution < 1.29 is 23.6 Å². The van der Waals surface area contributed by atoms with Gasteiger partial charge in [-0.3, -0.25) is 14.4 Å². The lowest BCUT2D eigenvalue weighted by molar-refractivity contribution is -0.136. The fourth-order valence-corrected chi connectivity index (χ4v) is 3.36. The summed E-state index contributed by atoms with van der Waals surface area (Å²) in [6, 6.07) is 3.01. The molecule has 0 aliphatic carbocycles. The van der Waals surface area contributed by atoms with Gasteiger partial charge in [-0.2, -0.15) is 9.45 Å². The van der Waals surface area contributed by atoms with Crippen molar-refractivity contribution in [2.75, 3.05) is 26.7 Å². The van der Waals surface area contributed by atoms with Gasteiger partial charge in [-0.25, -0.2) is 4.98 Å². The molecule has 1 aromatic heterocycles. The molecule has 9 heteroatoms. The topological polar surface area (TPSA) is 92.8 Å². The summed E-state index contributed by atoms with van der Waals surface area (Å²) in [6.45, 7) is 8.62. The van der Waals surface area contributed by atoms with Crippen LogP contribution in [0.15, 0.2) is 54.0 Å². The van der Waals surface area contributed by atoms with Crippen LogP contribution in [0.2, 0.25) is 0 Å². The SMILES string of the molecule is C=CC1=C(/C=C(\C)CN2CC=C(c3ccc(C(=O)NC)nc3F)CO2)NC(=O)C(CC)O1. The van der Waals surface area contributed by atoms with Gasteiger partial charge >= 0.3 is 0 Å². The van der Waals surface area contributed by atoms with Crippen LogP contribution < -0.4 is 10.6 Å². The Morgan fingerprint density at radius 1 is 1.47 bits per heavy atom. The number of carbonyl (C=O) groups excluding carboxylic acids is 2. The first-order valence-electron chi connectivity index (χ1n) is 10.3. The number of rotatable bonds is 7. The highest BCUT2D eigenvalue weighted by Gasteiger charge is 2.26. The average molecular weight is 442 g/mol. The number of ether oxygens (including phenoxy) is 1. The number of pyridine rings is 1. The molecule has 0 saturated heterocycles. The van der Waals surface area contributed by atoms with Crippen molar-refractivity contribution in [3.63, 3.8) is 0 Å². The number of aromatic nitrogens is 1. The second-order valence-corrected chi connectivity index (χ2v) is 7.42. The van der Waals surface area contributed by atoms with Crippen molar-refractivity contribution in [3.05, 3.63) is 71.2 Å². The molecule has 0 radical (unpaired) electrons. The van der Waals surface area contributed by atoms with Crippen LogP contribution in [0.3, 0.4) is 0 Å². The van der Waals surface area contributed by atoms with Gasteiger partial charge in [0.2, 0.25) is 5.95 Å². The van der Waals surface area contributed by atoms with Gasteiger partial charge in [-0.05, 0) is 43.2 Å². The molecule has 2 aliphatic rings. The van der Waals surface area contributed by atoms with Crippen LogP contribution in [0.4, 0.5) is 4.39 Å². The van der Waals surface area contributed by atoms with E-state index in [-0.39, 0.29) is 18.2 Å². The number of nitrogens with zero attached hydrogens (tertiary/aromatic N) is 2. The molecule has 3 heterocycles. The van der Waals surface area contributed by atoms with Crippen LogP contribution >= 0.6 is 0 Å². The number of nitrogens with one attached hydrogen (secondary N) is 2. The van der Waals surface area contributed by atoms with Crippen LogP contribution in [0, 0.1) is 5.95 Å². The van der Waals surface area contributed by atoms with E-state index in [0.29, 0.717) is 42.1 Å². The second kappa shape index (κ2) is 10.3. The maximum absolute atomic E-state index is 14.4. The third-order valence-corrected chi connectivity index (χ3v) is 5.06. The average Bonchev–Trinajstić information content (AvgIpc) is 2.79. The monoisotopic (exact) mass is 442 g/mol. The van der Waals surface area contributed by atoms with Crippen molar-refractivity contribution in [1.29, 1.82) is 0 Å². The Labute approximate surface area is 186 Å². The number of hydroxylamine groups is 2. The minimum atomic E-state index is -0.715. The Morgan fingerprint density at radius 2 is 2.25 bits per heavy atom. The van der Waals surface area contributed by atoms with E-state index in [1.165, 1.54) is 19.2 Å². The van der Waals surface area contributed by atoms with Gasteiger partial charge in [-0.1, -0.05) is 25.2 Å². The van der Waals surface area contributed by atoms with Crippen molar-refractivity contribution in [3.8, 4) is 0 Å². The summed E-state index contributed by atoms with van der Waals surface area (Å²) in [5, 5.41) is 7.00.